The van der Waals surface area contributed by atoms with Crippen LogP contribution in [-0.2, 0) is 18.5 Å². The van der Waals surface area contributed by atoms with E-state index in [0.717, 1.165) is 35.0 Å². The normalized spacial score (nSPS) is 11.4. The van der Waals surface area contributed by atoms with Gasteiger partial charge in [-0.3, -0.25) is 4.79 Å². The summed E-state index contributed by atoms with van der Waals surface area (Å²) in [5.74, 6) is 0. The summed E-state index contributed by atoms with van der Waals surface area (Å²) in [6.07, 6.45) is 4.18. The molecule has 0 aliphatic carbocycles. The molecule has 0 bridgehead atoms. The average molecular weight is 410 g/mol. The number of rotatable bonds is 4. The molecule has 1 heterocycles. The van der Waals surface area contributed by atoms with Crippen LogP contribution in [0.5, 0.6) is 0 Å². The lowest BCUT2D eigenvalue weighted by molar-refractivity contribution is 0.604. The van der Waals surface area contributed by atoms with E-state index in [1.54, 1.807) is 6.26 Å². The van der Waals surface area contributed by atoms with Gasteiger partial charge in [0, 0.05) is 0 Å². The molecule has 0 radical (unpaired) electrons. The standard InChI is InChI=1S/C22H21O2P3/c23-22-19-7-17(11-26)18(12-27)8-21(19)24-9-20(22)16-4-3-14-5-13(10-25)1-2-15(14)6-16/h1-9H,10-12,25-27H2. The van der Waals surface area contributed by atoms with Crippen molar-refractivity contribution in [2.75, 3.05) is 0 Å². The fourth-order valence-electron chi connectivity index (χ4n) is 3.43. The van der Waals surface area contributed by atoms with Gasteiger partial charge >= 0.3 is 0 Å². The quantitative estimate of drug-likeness (QED) is 0.402. The van der Waals surface area contributed by atoms with Gasteiger partial charge in [0.1, 0.15) is 11.8 Å². The second-order valence-electron chi connectivity index (χ2n) is 6.60. The molecule has 27 heavy (non-hydrogen) atoms. The second-order valence-corrected chi connectivity index (χ2v) is 7.83. The van der Waals surface area contributed by atoms with Crippen molar-refractivity contribution in [3.63, 3.8) is 0 Å². The lowest BCUT2D eigenvalue weighted by Gasteiger charge is -2.09. The third-order valence-corrected chi connectivity index (χ3v) is 6.34. The Kier molecular flexibility index (Phi) is 5.43. The largest absolute Gasteiger partial charge is 0.463 e. The average Bonchev–Trinajstić information content (AvgIpc) is 2.72. The maximum Gasteiger partial charge on any atom is 0.200 e. The topological polar surface area (TPSA) is 30.2 Å². The first-order chi connectivity index (χ1) is 13.1. The Labute approximate surface area is 165 Å². The Balaban J connectivity index is 1.89. The molecule has 3 unspecified atom stereocenters. The van der Waals surface area contributed by atoms with Gasteiger partial charge in [0.2, 0.25) is 0 Å². The second kappa shape index (κ2) is 7.81. The van der Waals surface area contributed by atoms with E-state index in [2.05, 4.69) is 58.1 Å². The molecule has 0 spiro atoms. The Morgan fingerprint density at radius 1 is 0.778 bits per heavy atom. The molecule has 0 aliphatic rings. The van der Waals surface area contributed by atoms with Crippen LogP contribution in [-0.4, -0.2) is 0 Å². The molecule has 0 N–H and O–H groups in total. The van der Waals surface area contributed by atoms with Crippen LogP contribution in [0, 0.1) is 0 Å². The van der Waals surface area contributed by atoms with Crippen LogP contribution in [0.4, 0.5) is 0 Å². The van der Waals surface area contributed by atoms with E-state index in [1.807, 2.05) is 18.2 Å². The first-order valence-corrected chi connectivity index (χ1v) is 11.3. The van der Waals surface area contributed by atoms with Crippen molar-refractivity contribution in [1.29, 1.82) is 0 Å². The van der Waals surface area contributed by atoms with Gasteiger partial charge < -0.3 is 4.42 Å². The van der Waals surface area contributed by atoms with Crippen LogP contribution in [0.15, 0.2) is 64.0 Å². The highest BCUT2D eigenvalue weighted by Gasteiger charge is 2.12. The van der Waals surface area contributed by atoms with Gasteiger partial charge in [-0.25, -0.2) is 0 Å². The summed E-state index contributed by atoms with van der Waals surface area (Å²) in [4.78, 5) is 13.2. The van der Waals surface area contributed by atoms with E-state index in [0.29, 0.717) is 16.5 Å². The molecule has 0 fully saturated rings. The highest BCUT2D eigenvalue weighted by atomic mass is 31.0. The van der Waals surface area contributed by atoms with Gasteiger partial charge in [-0.15, -0.1) is 27.7 Å². The number of hydrogen-bond acceptors (Lipinski definition) is 2. The first-order valence-electron chi connectivity index (χ1n) is 8.85. The summed E-state index contributed by atoms with van der Waals surface area (Å²) in [6, 6.07) is 16.5. The molecule has 4 rings (SSSR count). The lowest BCUT2D eigenvalue weighted by Crippen LogP contribution is -2.06. The molecule has 136 valence electrons. The van der Waals surface area contributed by atoms with Crippen LogP contribution in [0.25, 0.3) is 32.9 Å². The van der Waals surface area contributed by atoms with E-state index in [1.165, 1.54) is 16.5 Å². The van der Waals surface area contributed by atoms with Gasteiger partial charge in [0.25, 0.3) is 0 Å². The number of hydrogen-bond donors (Lipinski definition) is 0. The minimum absolute atomic E-state index is 0.0205. The van der Waals surface area contributed by atoms with Crippen LogP contribution in [0.1, 0.15) is 16.7 Å². The first kappa shape index (κ1) is 18.8. The maximum atomic E-state index is 13.2. The fraction of sp³-hybridized carbons (Fsp3) is 0.136. The SMILES string of the molecule is O=c1c(-c2ccc3cc(CP)ccc3c2)coc2cc(CP)c(CP)cc12. The summed E-state index contributed by atoms with van der Waals surface area (Å²) < 4.78 is 5.85. The van der Waals surface area contributed by atoms with Gasteiger partial charge in [-0.1, -0.05) is 30.3 Å². The summed E-state index contributed by atoms with van der Waals surface area (Å²) in [5.41, 5.74) is 5.79. The molecular formula is C22H21O2P3. The lowest BCUT2D eigenvalue weighted by atomic mass is 9.99. The van der Waals surface area contributed by atoms with E-state index in [-0.39, 0.29) is 5.43 Å². The van der Waals surface area contributed by atoms with E-state index < -0.39 is 0 Å². The molecule has 0 amide bonds. The predicted molar refractivity (Wildman–Crippen MR) is 126 cm³/mol. The Hall–Kier alpha value is -1.58. The molecule has 5 heteroatoms. The molecule has 0 saturated carbocycles. The molecule has 0 saturated heterocycles. The predicted octanol–water partition coefficient (Wildman–Crippen LogP) is 5.74. The fourth-order valence-corrected chi connectivity index (χ4v) is 4.45. The summed E-state index contributed by atoms with van der Waals surface area (Å²) >= 11 is 0. The zero-order valence-corrected chi connectivity index (χ0v) is 18.3. The van der Waals surface area contributed by atoms with Crippen LogP contribution >= 0.6 is 27.7 Å². The third-order valence-electron chi connectivity index (χ3n) is 4.99. The van der Waals surface area contributed by atoms with Gasteiger partial charge in [-0.2, -0.15) is 0 Å². The molecule has 3 atom stereocenters. The van der Waals surface area contributed by atoms with Crippen molar-refractivity contribution in [3.05, 3.63) is 81.7 Å². The highest BCUT2D eigenvalue weighted by molar-refractivity contribution is 7.16. The van der Waals surface area contributed by atoms with Crippen molar-refractivity contribution in [2.45, 2.75) is 18.5 Å². The molecule has 1 aromatic heterocycles. The molecular weight excluding hydrogens is 389 g/mol. The van der Waals surface area contributed by atoms with Gasteiger partial charge in [0.15, 0.2) is 5.43 Å². The van der Waals surface area contributed by atoms with Crippen LogP contribution in [0.3, 0.4) is 0 Å². The monoisotopic (exact) mass is 410 g/mol. The van der Waals surface area contributed by atoms with Crippen molar-refractivity contribution >= 4 is 49.5 Å². The Morgan fingerprint density at radius 3 is 2.22 bits per heavy atom. The van der Waals surface area contributed by atoms with Gasteiger partial charge in [0.05, 0.1) is 10.9 Å². The Morgan fingerprint density at radius 2 is 1.48 bits per heavy atom. The molecule has 4 aromatic rings. The minimum atomic E-state index is 0.0205. The molecule has 0 aliphatic heterocycles. The van der Waals surface area contributed by atoms with E-state index in [9.17, 15) is 4.79 Å². The zero-order chi connectivity index (χ0) is 19.0. The van der Waals surface area contributed by atoms with Crippen molar-refractivity contribution in [2.24, 2.45) is 0 Å². The summed E-state index contributed by atoms with van der Waals surface area (Å²) in [6.45, 7) is 0. The highest BCUT2D eigenvalue weighted by Crippen LogP contribution is 2.27. The smallest absolute Gasteiger partial charge is 0.200 e. The summed E-state index contributed by atoms with van der Waals surface area (Å²) in [5, 5.41) is 2.95. The van der Waals surface area contributed by atoms with Crippen molar-refractivity contribution in [1.82, 2.24) is 0 Å². The number of fused-ring (bicyclic) bond motifs is 2. The zero-order valence-electron chi connectivity index (χ0n) is 14.9. The van der Waals surface area contributed by atoms with Crippen molar-refractivity contribution < 1.29 is 4.42 Å². The van der Waals surface area contributed by atoms with Crippen molar-refractivity contribution in [3.8, 4) is 11.1 Å². The Bertz CT molecular complexity index is 1210. The molecule has 2 nitrogen and oxygen atoms in total. The maximum absolute atomic E-state index is 13.2. The minimum Gasteiger partial charge on any atom is -0.463 e. The van der Waals surface area contributed by atoms with Gasteiger partial charge in [-0.05, 0) is 69.7 Å². The van der Waals surface area contributed by atoms with Crippen LogP contribution < -0.4 is 5.43 Å². The molecule has 3 aromatic carbocycles. The number of benzene rings is 3. The van der Waals surface area contributed by atoms with E-state index >= 15 is 0 Å². The van der Waals surface area contributed by atoms with Crippen LogP contribution in [0.2, 0.25) is 0 Å². The summed E-state index contributed by atoms with van der Waals surface area (Å²) in [7, 11) is 8.22. The van der Waals surface area contributed by atoms with E-state index in [4.69, 9.17) is 4.42 Å². The third kappa shape index (κ3) is 3.48.